The molecule has 2 aromatic rings. The van der Waals surface area contributed by atoms with Crippen LogP contribution in [0.2, 0.25) is 0 Å². The van der Waals surface area contributed by atoms with E-state index in [2.05, 4.69) is 23.7 Å². The third-order valence-electron chi connectivity index (χ3n) is 5.16. The van der Waals surface area contributed by atoms with Crippen LogP contribution in [0.15, 0.2) is 24.3 Å². The predicted molar refractivity (Wildman–Crippen MR) is 113 cm³/mol. The van der Waals surface area contributed by atoms with E-state index in [1.54, 1.807) is 12.1 Å². The summed E-state index contributed by atoms with van der Waals surface area (Å²) in [4.78, 5) is 11.6. The molecule has 1 aliphatic heterocycles. The van der Waals surface area contributed by atoms with Crippen LogP contribution in [0, 0.1) is 18.7 Å². The summed E-state index contributed by atoms with van der Waals surface area (Å²) in [5, 5.41) is 0. The van der Waals surface area contributed by atoms with Gasteiger partial charge in [0.1, 0.15) is 17.5 Å². The first-order chi connectivity index (χ1) is 13.6. The molecule has 0 radical (unpaired) electrons. The molecule has 0 aliphatic carbocycles. The molecule has 0 saturated carbocycles. The predicted octanol–water partition coefficient (Wildman–Crippen LogP) is 2.80. The van der Waals surface area contributed by atoms with Crippen LogP contribution in [-0.2, 0) is 22.9 Å². The second-order valence-electron chi connectivity index (χ2n) is 8.04. The third-order valence-corrected chi connectivity index (χ3v) is 6.46. The van der Waals surface area contributed by atoms with Gasteiger partial charge in [-0.25, -0.2) is 22.8 Å². The van der Waals surface area contributed by atoms with Crippen molar-refractivity contribution in [3.05, 3.63) is 52.7 Å². The highest BCUT2D eigenvalue weighted by Gasteiger charge is 2.27. The van der Waals surface area contributed by atoms with Gasteiger partial charge in [0.05, 0.1) is 6.26 Å². The molecule has 158 valence electrons. The lowest BCUT2D eigenvalue weighted by molar-refractivity contribution is 0.386. The maximum Gasteiger partial charge on any atom is 0.211 e. The monoisotopic (exact) mass is 420 g/mol. The van der Waals surface area contributed by atoms with Gasteiger partial charge in [-0.15, -0.1) is 0 Å². The highest BCUT2D eigenvalue weighted by molar-refractivity contribution is 7.88. The van der Waals surface area contributed by atoms with Crippen molar-refractivity contribution < 1.29 is 12.8 Å². The van der Waals surface area contributed by atoms with Gasteiger partial charge in [-0.2, -0.15) is 4.31 Å². The van der Waals surface area contributed by atoms with Gasteiger partial charge >= 0.3 is 0 Å². The van der Waals surface area contributed by atoms with Crippen LogP contribution >= 0.6 is 0 Å². The topological polar surface area (TPSA) is 66.4 Å². The molecular weight excluding hydrogens is 391 g/mol. The number of benzene rings is 1. The quantitative estimate of drug-likeness (QED) is 0.719. The van der Waals surface area contributed by atoms with E-state index in [9.17, 15) is 12.8 Å². The molecule has 29 heavy (non-hydrogen) atoms. The summed E-state index contributed by atoms with van der Waals surface area (Å²) in [5.74, 6) is 1.74. The van der Waals surface area contributed by atoms with Gasteiger partial charge in [-0.3, -0.25) is 0 Å². The molecule has 1 aromatic heterocycles. The molecule has 1 aliphatic rings. The number of aromatic nitrogens is 2. The van der Waals surface area contributed by atoms with Gasteiger partial charge in [-0.1, -0.05) is 32.0 Å². The first-order valence-corrected chi connectivity index (χ1v) is 11.8. The summed E-state index contributed by atoms with van der Waals surface area (Å²) in [5.41, 5.74) is 2.35. The lowest BCUT2D eigenvalue weighted by atomic mass is 10.0. The van der Waals surface area contributed by atoms with Crippen LogP contribution in [0.4, 0.5) is 10.2 Å². The summed E-state index contributed by atoms with van der Waals surface area (Å²) >= 11 is 0. The Labute approximate surface area is 172 Å². The van der Waals surface area contributed by atoms with Crippen molar-refractivity contribution in [2.45, 2.75) is 33.6 Å². The average Bonchev–Trinajstić information content (AvgIpc) is 2.64. The number of hydrogen-bond donors (Lipinski definition) is 0. The van der Waals surface area contributed by atoms with Crippen LogP contribution in [0.25, 0.3) is 0 Å². The standard InChI is InChI=1S/C21H29FN4O2S/c1-15(2)13-20-23-16(3)18(14-17-7-5-6-8-19(17)22)21(24-20)25-9-11-26(12-10-25)29(4,27)28/h5-8,15H,9-14H2,1-4H3. The third kappa shape index (κ3) is 5.30. The molecule has 1 saturated heterocycles. The minimum absolute atomic E-state index is 0.244. The first-order valence-electron chi connectivity index (χ1n) is 9.95. The number of rotatable bonds is 6. The Hall–Kier alpha value is -2.06. The number of hydrogen-bond acceptors (Lipinski definition) is 5. The zero-order valence-corrected chi connectivity index (χ0v) is 18.3. The highest BCUT2D eigenvalue weighted by Crippen LogP contribution is 2.27. The molecule has 0 bridgehead atoms. The van der Waals surface area contributed by atoms with Crippen molar-refractivity contribution >= 4 is 15.8 Å². The van der Waals surface area contributed by atoms with Crippen LogP contribution in [0.3, 0.4) is 0 Å². The molecule has 3 rings (SSSR count). The zero-order valence-electron chi connectivity index (χ0n) is 17.5. The summed E-state index contributed by atoms with van der Waals surface area (Å²) in [6.45, 7) is 8.12. The smallest absolute Gasteiger partial charge is 0.211 e. The Balaban J connectivity index is 1.96. The van der Waals surface area contributed by atoms with Gasteiger partial charge in [0.15, 0.2) is 0 Å². The number of piperazine rings is 1. The van der Waals surface area contributed by atoms with Crippen molar-refractivity contribution in [2.24, 2.45) is 5.92 Å². The lowest BCUT2D eigenvalue weighted by Gasteiger charge is -2.35. The Bertz CT molecular complexity index is 971. The van der Waals surface area contributed by atoms with Crippen LogP contribution in [-0.4, -0.2) is 55.1 Å². The molecule has 6 nitrogen and oxygen atoms in total. The average molecular weight is 421 g/mol. The zero-order chi connectivity index (χ0) is 21.2. The maximum absolute atomic E-state index is 14.3. The number of aryl methyl sites for hydroxylation is 1. The van der Waals surface area contributed by atoms with E-state index in [1.807, 2.05) is 13.0 Å². The largest absolute Gasteiger partial charge is 0.354 e. The van der Waals surface area contributed by atoms with Crippen molar-refractivity contribution in [1.29, 1.82) is 0 Å². The Morgan fingerprint density at radius 2 is 1.76 bits per heavy atom. The van der Waals surface area contributed by atoms with E-state index in [1.165, 1.54) is 16.6 Å². The first kappa shape index (κ1) is 21.6. The van der Waals surface area contributed by atoms with Gasteiger partial charge < -0.3 is 4.90 Å². The van der Waals surface area contributed by atoms with E-state index in [0.29, 0.717) is 44.1 Å². The second-order valence-corrected chi connectivity index (χ2v) is 10.0. The van der Waals surface area contributed by atoms with Gasteiger partial charge in [0.2, 0.25) is 10.0 Å². The van der Waals surface area contributed by atoms with Gasteiger partial charge in [0, 0.05) is 50.3 Å². The SMILES string of the molecule is Cc1nc(CC(C)C)nc(N2CCN(S(C)(=O)=O)CC2)c1Cc1ccccc1F. The summed E-state index contributed by atoms with van der Waals surface area (Å²) < 4.78 is 39.5. The number of anilines is 1. The Morgan fingerprint density at radius 3 is 2.34 bits per heavy atom. The molecule has 0 amide bonds. The highest BCUT2D eigenvalue weighted by atomic mass is 32.2. The van der Waals surface area contributed by atoms with Crippen LogP contribution < -0.4 is 4.90 Å². The van der Waals surface area contributed by atoms with E-state index in [-0.39, 0.29) is 5.82 Å². The summed E-state index contributed by atoms with van der Waals surface area (Å²) in [7, 11) is -3.20. The van der Waals surface area contributed by atoms with Gasteiger partial charge in [-0.05, 0) is 24.5 Å². The van der Waals surface area contributed by atoms with Crippen LogP contribution in [0.1, 0.15) is 36.5 Å². The Morgan fingerprint density at radius 1 is 1.10 bits per heavy atom. The van der Waals surface area contributed by atoms with Gasteiger partial charge in [0.25, 0.3) is 0 Å². The summed E-state index contributed by atoms with van der Waals surface area (Å²) in [6, 6.07) is 6.75. The maximum atomic E-state index is 14.3. The molecule has 1 fully saturated rings. The fourth-order valence-corrected chi connectivity index (χ4v) is 4.45. The molecular formula is C21H29FN4O2S. The minimum atomic E-state index is -3.20. The number of nitrogens with zero attached hydrogens (tertiary/aromatic N) is 4. The molecule has 8 heteroatoms. The van der Waals surface area contributed by atoms with E-state index < -0.39 is 10.0 Å². The molecule has 0 unspecified atom stereocenters. The lowest BCUT2D eigenvalue weighted by Crippen LogP contribution is -2.49. The van der Waals surface area contributed by atoms with E-state index in [0.717, 1.165) is 29.3 Å². The normalized spacial score (nSPS) is 15.9. The van der Waals surface area contributed by atoms with Crippen molar-refractivity contribution in [3.63, 3.8) is 0 Å². The van der Waals surface area contributed by atoms with Crippen LogP contribution in [0.5, 0.6) is 0 Å². The molecule has 0 N–H and O–H groups in total. The minimum Gasteiger partial charge on any atom is -0.354 e. The molecule has 0 spiro atoms. The van der Waals surface area contributed by atoms with E-state index in [4.69, 9.17) is 4.98 Å². The molecule has 2 heterocycles. The fraction of sp³-hybridized carbons (Fsp3) is 0.524. The molecule has 0 atom stereocenters. The number of sulfonamides is 1. The van der Waals surface area contributed by atoms with Crippen molar-refractivity contribution in [3.8, 4) is 0 Å². The fourth-order valence-electron chi connectivity index (χ4n) is 3.63. The van der Waals surface area contributed by atoms with E-state index >= 15 is 0 Å². The summed E-state index contributed by atoms with van der Waals surface area (Å²) in [6.07, 6.45) is 2.40. The second kappa shape index (κ2) is 8.75. The molecule has 1 aromatic carbocycles. The Kier molecular flexibility index (Phi) is 6.53. The number of halogens is 1. The van der Waals surface area contributed by atoms with Crippen molar-refractivity contribution in [2.75, 3.05) is 37.3 Å². The van der Waals surface area contributed by atoms with Crippen molar-refractivity contribution in [1.82, 2.24) is 14.3 Å².